The van der Waals surface area contributed by atoms with Crippen molar-refractivity contribution in [3.8, 4) is 0 Å². The van der Waals surface area contributed by atoms with Gasteiger partial charge in [0.25, 0.3) is 0 Å². The number of hydrogen-bond acceptors (Lipinski definition) is 7. The molecule has 3 saturated heterocycles. The van der Waals surface area contributed by atoms with Crippen molar-refractivity contribution in [2.45, 2.75) is 59.6 Å². The minimum atomic E-state index is -0.725. The Morgan fingerprint density at radius 3 is 2.64 bits per heavy atom. The fraction of sp³-hybridized carbons (Fsp3) is 0.567. The highest BCUT2D eigenvalue weighted by molar-refractivity contribution is 9.09. The SMILES string of the molecule is C=CCN(C)C(=O)[C@H]1[C@H]2C(=O)N(CCCCCCO)C(C(=O)N(CC=C)Cn3nnc4ccccc43)C23CC(Br)[C@@H]1S3. The number of aliphatic hydroxyl groups is 1. The number of nitrogens with zero attached hydrogens (tertiary/aromatic N) is 6. The lowest BCUT2D eigenvalue weighted by Crippen LogP contribution is -2.56. The molecule has 2 bridgehead atoms. The average Bonchev–Trinajstić information content (AvgIpc) is 3.69. The van der Waals surface area contributed by atoms with E-state index in [4.69, 9.17) is 0 Å². The highest BCUT2D eigenvalue weighted by atomic mass is 79.9. The number of hydrogen-bond donors (Lipinski definition) is 1. The Balaban J connectivity index is 1.50. The average molecular weight is 660 g/mol. The van der Waals surface area contributed by atoms with E-state index in [1.807, 2.05) is 24.3 Å². The number of unbranched alkanes of at least 4 members (excludes halogenated alkanes) is 3. The van der Waals surface area contributed by atoms with E-state index < -0.39 is 22.6 Å². The van der Waals surface area contributed by atoms with Crippen LogP contribution in [0, 0.1) is 11.8 Å². The van der Waals surface area contributed by atoms with Gasteiger partial charge in [0.2, 0.25) is 17.7 Å². The first kappa shape index (κ1) is 30.7. The highest BCUT2D eigenvalue weighted by Crippen LogP contribution is 2.68. The van der Waals surface area contributed by atoms with Gasteiger partial charge in [0, 0.05) is 43.4 Å². The molecule has 1 N–H and O–H groups in total. The lowest BCUT2D eigenvalue weighted by atomic mass is 9.70. The minimum Gasteiger partial charge on any atom is -0.396 e. The number of halogens is 1. The quantitative estimate of drug-likeness (QED) is 0.189. The zero-order valence-corrected chi connectivity index (χ0v) is 26.4. The van der Waals surface area contributed by atoms with Crippen LogP contribution in [-0.4, -0.2) is 107 Å². The van der Waals surface area contributed by atoms with Gasteiger partial charge in [0.1, 0.15) is 18.2 Å². The Morgan fingerprint density at radius 1 is 1.17 bits per heavy atom. The summed E-state index contributed by atoms with van der Waals surface area (Å²) in [4.78, 5) is 47.9. The Morgan fingerprint density at radius 2 is 1.90 bits per heavy atom. The normalized spacial score (nSPS) is 27.8. The summed E-state index contributed by atoms with van der Waals surface area (Å²) in [5.74, 6) is -1.46. The van der Waals surface area contributed by atoms with Crippen molar-refractivity contribution in [3.63, 3.8) is 0 Å². The van der Waals surface area contributed by atoms with Crippen molar-refractivity contribution in [2.75, 3.05) is 33.3 Å². The molecule has 5 rings (SSSR count). The number of thioether (sulfide) groups is 1. The van der Waals surface area contributed by atoms with Crippen molar-refractivity contribution in [2.24, 2.45) is 11.8 Å². The fourth-order valence-electron chi connectivity index (χ4n) is 6.95. The third kappa shape index (κ3) is 5.30. The van der Waals surface area contributed by atoms with Gasteiger partial charge < -0.3 is 19.8 Å². The molecule has 4 heterocycles. The third-order valence-electron chi connectivity index (χ3n) is 8.78. The molecule has 3 aliphatic rings. The van der Waals surface area contributed by atoms with Crippen molar-refractivity contribution < 1.29 is 19.5 Å². The van der Waals surface area contributed by atoms with E-state index in [9.17, 15) is 19.5 Å². The summed E-state index contributed by atoms with van der Waals surface area (Å²) in [7, 11) is 1.74. The second kappa shape index (κ2) is 12.9. The van der Waals surface area contributed by atoms with Crippen molar-refractivity contribution in [1.82, 2.24) is 29.7 Å². The zero-order valence-electron chi connectivity index (χ0n) is 24.0. The maximum Gasteiger partial charge on any atom is 0.248 e. The molecule has 3 aliphatic heterocycles. The Labute approximate surface area is 259 Å². The molecule has 42 heavy (non-hydrogen) atoms. The summed E-state index contributed by atoms with van der Waals surface area (Å²) in [6.45, 7) is 9.06. The monoisotopic (exact) mass is 658 g/mol. The van der Waals surface area contributed by atoms with Crippen LogP contribution < -0.4 is 0 Å². The molecule has 6 atom stereocenters. The number of fused-ring (bicyclic) bond motifs is 2. The maximum atomic E-state index is 14.7. The van der Waals surface area contributed by atoms with Gasteiger partial charge in [-0.15, -0.1) is 30.0 Å². The maximum absolute atomic E-state index is 14.7. The first-order chi connectivity index (χ1) is 20.3. The summed E-state index contributed by atoms with van der Waals surface area (Å²) in [6, 6.07) is 6.87. The third-order valence-corrected chi connectivity index (χ3v) is 12.0. The van der Waals surface area contributed by atoms with E-state index in [-0.39, 0.29) is 47.6 Å². The number of benzene rings is 1. The summed E-state index contributed by atoms with van der Waals surface area (Å²) >= 11 is 5.48. The number of likely N-dealkylation sites (N-methyl/N-ethyl adjacent to an activating group) is 1. The van der Waals surface area contributed by atoms with Crippen molar-refractivity contribution in [3.05, 3.63) is 49.6 Å². The Kier molecular flexibility index (Phi) is 9.44. The molecule has 3 unspecified atom stereocenters. The molecule has 3 fully saturated rings. The summed E-state index contributed by atoms with van der Waals surface area (Å²) in [6.07, 6.45) is 7.10. The molecule has 1 aromatic heterocycles. The van der Waals surface area contributed by atoms with E-state index in [1.54, 1.807) is 50.3 Å². The molecular weight excluding hydrogens is 620 g/mol. The van der Waals surface area contributed by atoms with Crippen LogP contribution in [0.15, 0.2) is 49.6 Å². The van der Waals surface area contributed by atoms with E-state index in [0.29, 0.717) is 32.4 Å². The van der Waals surface area contributed by atoms with Gasteiger partial charge in [-0.2, -0.15) is 0 Å². The van der Waals surface area contributed by atoms with Crippen LogP contribution in [0.3, 0.4) is 0 Å². The second-order valence-electron chi connectivity index (χ2n) is 11.4. The predicted octanol–water partition coefficient (Wildman–Crippen LogP) is 3.07. The Bertz CT molecular complexity index is 1350. The number of amides is 3. The number of para-hydroxylation sites is 1. The molecule has 1 aromatic carbocycles. The first-order valence-electron chi connectivity index (χ1n) is 14.6. The number of aromatic nitrogens is 3. The Hall–Kier alpha value is -2.70. The summed E-state index contributed by atoms with van der Waals surface area (Å²) in [5, 5.41) is 17.6. The van der Waals surface area contributed by atoms with Crippen LogP contribution in [0.2, 0.25) is 0 Å². The van der Waals surface area contributed by atoms with Gasteiger partial charge in [0.15, 0.2) is 0 Å². The minimum absolute atomic E-state index is 0.00421. The van der Waals surface area contributed by atoms with Crippen LogP contribution in [-0.2, 0) is 21.1 Å². The molecule has 0 radical (unpaired) electrons. The molecule has 12 heteroatoms. The molecule has 0 saturated carbocycles. The van der Waals surface area contributed by atoms with Crippen molar-refractivity contribution in [1.29, 1.82) is 0 Å². The number of alkyl halides is 1. The number of carbonyl (C=O) groups is 3. The standard InChI is InChI=1S/C30H39BrN6O4S/c1-4-14-34(3)27(39)23-24-28(40)36(16-10-6-7-11-17-38)26(30(24)18-20(31)25(23)42-30)29(41)35(15-5-2)19-37-22-13-9-8-12-21(22)32-33-37/h4-5,8-9,12-13,20,23-26,38H,1-2,6-7,10-11,14-19H2,3H3/t20?,23-,24-,25-,26?,30?/m0/s1. The largest absolute Gasteiger partial charge is 0.396 e. The number of aliphatic hydroxyl groups excluding tert-OH is 1. The molecule has 0 aliphatic carbocycles. The summed E-state index contributed by atoms with van der Waals surface area (Å²) in [5.41, 5.74) is 1.55. The van der Waals surface area contributed by atoms with Crippen LogP contribution >= 0.6 is 27.7 Å². The van der Waals surface area contributed by atoms with Crippen molar-refractivity contribution >= 4 is 56.4 Å². The molecule has 226 valence electrons. The number of likely N-dealkylation sites (tertiary alicyclic amines) is 1. The predicted molar refractivity (Wildman–Crippen MR) is 167 cm³/mol. The smallest absolute Gasteiger partial charge is 0.248 e. The fourth-order valence-corrected chi connectivity index (χ4v) is 10.5. The van der Waals surface area contributed by atoms with Gasteiger partial charge >= 0.3 is 0 Å². The topological polar surface area (TPSA) is 112 Å². The highest BCUT2D eigenvalue weighted by Gasteiger charge is 2.75. The second-order valence-corrected chi connectivity index (χ2v) is 14.1. The van der Waals surface area contributed by atoms with E-state index >= 15 is 0 Å². The van der Waals surface area contributed by atoms with Gasteiger partial charge in [-0.3, -0.25) is 14.4 Å². The molecular formula is C30H39BrN6O4S. The first-order valence-corrected chi connectivity index (χ1v) is 16.4. The lowest BCUT2D eigenvalue weighted by Gasteiger charge is -2.38. The van der Waals surface area contributed by atoms with E-state index in [1.165, 1.54) is 0 Å². The lowest BCUT2D eigenvalue weighted by molar-refractivity contribution is -0.144. The van der Waals surface area contributed by atoms with Crippen LogP contribution in [0.5, 0.6) is 0 Å². The number of rotatable bonds is 14. The molecule has 3 amide bonds. The van der Waals surface area contributed by atoms with Crippen LogP contribution in [0.25, 0.3) is 11.0 Å². The molecule has 2 aromatic rings. The van der Waals surface area contributed by atoms with Crippen LogP contribution in [0.1, 0.15) is 32.1 Å². The van der Waals surface area contributed by atoms with Gasteiger partial charge in [0.05, 0.1) is 22.1 Å². The number of carbonyl (C=O) groups excluding carboxylic acids is 3. The molecule has 10 nitrogen and oxygen atoms in total. The van der Waals surface area contributed by atoms with Gasteiger partial charge in [-0.05, 0) is 31.4 Å². The van der Waals surface area contributed by atoms with Crippen LogP contribution in [0.4, 0.5) is 0 Å². The van der Waals surface area contributed by atoms with Gasteiger partial charge in [-0.1, -0.05) is 58.3 Å². The van der Waals surface area contributed by atoms with Gasteiger partial charge in [-0.25, -0.2) is 4.68 Å². The summed E-state index contributed by atoms with van der Waals surface area (Å²) < 4.78 is 0.974. The molecule has 1 spiro atoms. The zero-order chi connectivity index (χ0) is 30.0. The van der Waals surface area contributed by atoms with E-state index in [2.05, 4.69) is 39.4 Å². The van der Waals surface area contributed by atoms with E-state index in [0.717, 1.165) is 23.9 Å².